The van der Waals surface area contributed by atoms with Gasteiger partial charge in [0.05, 0.1) is 19.8 Å². The molecule has 0 heterocycles. The van der Waals surface area contributed by atoms with Gasteiger partial charge in [0, 0.05) is 6.54 Å². The molecule has 0 bridgehead atoms. The van der Waals surface area contributed by atoms with Crippen molar-refractivity contribution in [3.05, 3.63) is 35.9 Å². The molecule has 1 amide bonds. The quantitative estimate of drug-likeness (QED) is 0.841. The smallest absolute Gasteiger partial charge is 0.406 e. The van der Waals surface area contributed by atoms with Crippen molar-refractivity contribution in [3.63, 3.8) is 0 Å². The van der Waals surface area contributed by atoms with Gasteiger partial charge in [-0.2, -0.15) is 0 Å². The first-order chi connectivity index (χ1) is 9.79. The summed E-state index contributed by atoms with van der Waals surface area (Å²) in [5, 5.41) is 2.62. The molecule has 4 nitrogen and oxygen atoms in total. The van der Waals surface area contributed by atoms with Crippen molar-refractivity contribution in [1.82, 2.24) is 5.32 Å². The summed E-state index contributed by atoms with van der Waals surface area (Å²) < 4.78 is 10.3. The van der Waals surface area contributed by atoms with Gasteiger partial charge in [-0.05, 0) is 37.2 Å². The van der Waals surface area contributed by atoms with Gasteiger partial charge < -0.3 is 14.8 Å². The average molecular weight is 277 g/mol. The van der Waals surface area contributed by atoms with Crippen molar-refractivity contribution in [1.29, 1.82) is 0 Å². The van der Waals surface area contributed by atoms with Gasteiger partial charge in [0.2, 0.25) is 0 Å². The fraction of sp³-hybridized carbons (Fsp3) is 0.562. The van der Waals surface area contributed by atoms with E-state index in [9.17, 15) is 4.79 Å². The monoisotopic (exact) mass is 277 g/mol. The Morgan fingerprint density at radius 1 is 1.20 bits per heavy atom. The minimum atomic E-state index is -0.401. The van der Waals surface area contributed by atoms with Crippen molar-refractivity contribution >= 4 is 6.09 Å². The largest absolute Gasteiger partial charge is 0.453 e. The molecule has 1 aromatic rings. The van der Waals surface area contributed by atoms with Crippen molar-refractivity contribution in [3.8, 4) is 0 Å². The summed E-state index contributed by atoms with van der Waals surface area (Å²) in [4.78, 5) is 10.9. The molecule has 1 fully saturated rings. The summed E-state index contributed by atoms with van der Waals surface area (Å²) in [7, 11) is 1.36. The third-order valence-corrected chi connectivity index (χ3v) is 3.86. The number of hydrogen-bond acceptors (Lipinski definition) is 3. The minimum absolute atomic E-state index is 0.328. The SMILES string of the molecule is COC(=O)NCCOC1CCC(c2ccccc2)CC1. The third-order valence-electron chi connectivity index (χ3n) is 3.86. The van der Waals surface area contributed by atoms with E-state index in [1.807, 2.05) is 0 Å². The zero-order valence-corrected chi connectivity index (χ0v) is 12.0. The molecule has 1 N–H and O–H groups in total. The minimum Gasteiger partial charge on any atom is -0.453 e. The Bertz CT molecular complexity index is 399. The molecule has 110 valence electrons. The molecule has 0 atom stereocenters. The number of carbonyl (C=O) groups is 1. The summed E-state index contributed by atoms with van der Waals surface area (Å²) in [6.07, 6.45) is 4.48. The van der Waals surface area contributed by atoms with Gasteiger partial charge in [-0.3, -0.25) is 0 Å². The van der Waals surface area contributed by atoms with Crippen LogP contribution in [0.1, 0.15) is 37.2 Å². The normalized spacial score (nSPS) is 22.2. The molecule has 1 aromatic carbocycles. The third kappa shape index (κ3) is 4.53. The fourth-order valence-electron chi connectivity index (χ4n) is 2.74. The first kappa shape index (κ1) is 14.9. The van der Waals surface area contributed by atoms with E-state index in [-0.39, 0.29) is 0 Å². The zero-order valence-electron chi connectivity index (χ0n) is 12.0. The van der Waals surface area contributed by atoms with Crippen LogP contribution in [0.15, 0.2) is 30.3 Å². The topological polar surface area (TPSA) is 47.6 Å². The number of amides is 1. The van der Waals surface area contributed by atoms with Gasteiger partial charge in [0.25, 0.3) is 0 Å². The second-order valence-corrected chi connectivity index (χ2v) is 5.17. The maximum absolute atomic E-state index is 10.9. The molecule has 0 unspecified atom stereocenters. The van der Waals surface area contributed by atoms with Crippen molar-refractivity contribution in [2.24, 2.45) is 0 Å². The standard InChI is InChI=1S/C16H23NO3/c1-19-16(18)17-11-12-20-15-9-7-14(8-10-15)13-5-3-2-4-6-13/h2-6,14-15H,7-12H2,1H3,(H,17,18). The van der Waals surface area contributed by atoms with E-state index in [1.54, 1.807) is 0 Å². The summed E-state index contributed by atoms with van der Waals surface area (Å²) in [6.45, 7) is 1.06. The Balaban J connectivity index is 1.63. The van der Waals surface area contributed by atoms with Crippen LogP contribution in [-0.2, 0) is 9.47 Å². The van der Waals surface area contributed by atoms with Crippen molar-refractivity contribution in [2.45, 2.75) is 37.7 Å². The lowest BCUT2D eigenvalue weighted by molar-refractivity contribution is 0.0264. The van der Waals surface area contributed by atoms with Crippen LogP contribution >= 0.6 is 0 Å². The molecule has 0 aromatic heterocycles. The molecule has 1 aliphatic carbocycles. The molecule has 4 heteroatoms. The van der Waals surface area contributed by atoms with E-state index in [4.69, 9.17) is 4.74 Å². The first-order valence-electron chi connectivity index (χ1n) is 7.28. The van der Waals surface area contributed by atoms with Gasteiger partial charge in [0.15, 0.2) is 0 Å². The second-order valence-electron chi connectivity index (χ2n) is 5.17. The molecule has 20 heavy (non-hydrogen) atoms. The van der Waals surface area contributed by atoms with Crippen LogP contribution in [0, 0.1) is 0 Å². The number of carbonyl (C=O) groups excluding carboxylic acids is 1. The van der Waals surface area contributed by atoms with E-state index >= 15 is 0 Å². The molecule has 0 aliphatic heterocycles. The first-order valence-corrected chi connectivity index (χ1v) is 7.28. The maximum atomic E-state index is 10.9. The summed E-state index contributed by atoms with van der Waals surface area (Å²) in [5.41, 5.74) is 1.44. The van der Waals surface area contributed by atoms with Gasteiger partial charge in [-0.25, -0.2) is 4.79 Å². The summed E-state index contributed by atoms with van der Waals surface area (Å²) in [5.74, 6) is 0.671. The zero-order chi connectivity index (χ0) is 14.2. The lowest BCUT2D eigenvalue weighted by atomic mass is 9.83. The number of alkyl carbamates (subject to hydrolysis) is 1. The molecule has 0 spiro atoms. The van der Waals surface area contributed by atoms with E-state index in [1.165, 1.54) is 25.5 Å². The Labute approximate surface area is 120 Å². The van der Waals surface area contributed by atoms with Crippen LogP contribution < -0.4 is 5.32 Å². The van der Waals surface area contributed by atoms with E-state index in [2.05, 4.69) is 40.4 Å². The number of ether oxygens (including phenoxy) is 2. The average Bonchev–Trinajstić information content (AvgIpc) is 2.52. The van der Waals surface area contributed by atoms with Gasteiger partial charge in [-0.15, -0.1) is 0 Å². The lowest BCUT2D eigenvalue weighted by Crippen LogP contribution is -2.29. The Hall–Kier alpha value is -1.55. The van der Waals surface area contributed by atoms with Gasteiger partial charge in [-0.1, -0.05) is 30.3 Å². The van der Waals surface area contributed by atoms with Gasteiger partial charge in [0.1, 0.15) is 0 Å². The summed E-state index contributed by atoms with van der Waals surface area (Å²) in [6, 6.07) is 10.7. The predicted octanol–water partition coefficient (Wildman–Crippen LogP) is 3.09. The lowest BCUT2D eigenvalue weighted by Gasteiger charge is -2.28. The van der Waals surface area contributed by atoms with Crippen molar-refractivity contribution < 1.29 is 14.3 Å². The van der Waals surface area contributed by atoms with E-state index < -0.39 is 6.09 Å². The van der Waals surface area contributed by atoms with Crippen LogP contribution in [0.5, 0.6) is 0 Å². The van der Waals surface area contributed by atoms with Crippen molar-refractivity contribution in [2.75, 3.05) is 20.3 Å². The highest BCUT2D eigenvalue weighted by molar-refractivity contribution is 5.66. The van der Waals surface area contributed by atoms with E-state index in [0.29, 0.717) is 25.2 Å². The fourth-order valence-corrected chi connectivity index (χ4v) is 2.74. The molecule has 1 aliphatic rings. The number of methoxy groups -OCH3 is 1. The Morgan fingerprint density at radius 3 is 2.55 bits per heavy atom. The Morgan fingerprint density at radius 2 is 1.90 bits per heavy atom. The molecular formula is C16H23NO3. The van der Waals surface area contributed by atoms with Gasteiger partial charge >= 0.3 is 6.09 Å². The number of nitrogens with one attached hydrogen (secondary N) is 1. The highest BCUT2D eigenvalue weighted by atomic mass is 16.5. The van der Waals surface area contributed by atoms with Crippen LogP contribution in [0.25, 0.3) is 0 Å². The highest BCUT2D eigenvalue weighted by Gasteiger charge is 2.22. The summed E-state index contributed by atoms with van der Waals surface area (Å²) >= 11 is 0. The highest BCUT2D eigenvalue weighted by Crippen LogP contribution is 2.33. The molecule has 0 saturated heterocycles. The van der Waals surface area contributed by atoms with E-state index in [0.717, 1.165) is 12.8 Å². The molecular weight excluding hydrogens is 254 g/mol. The van der Waals surface area contributed by atoms with Crippen LogP contribution in [0.2, 0.25) is 0 Å². The second kappa shape index (κ2) is 7.90. The maximum Gasteiger partial charge on any atom is 0.406 e. The number of rotatable bonds is 5. The van der Waals surface area contributed by atoms with Crippen LogP contribution in [0.3, 0.4) is 0 Å². The van der Waals surface area contributed by atoms with Crippen LogP contribution in [-0.4, -0.2) is 32.5 Å². The Kier molecular flexibility index (Phi) is 5.87. The number of hydrogen-bond donors (Lipinski definition) is 1. The molecule has 1 saturated carbocycles. The molecule has 0 radical (unpaired) electrons. The van der Waals surface area contributed by atoms with Crippen LogP contribution in [0.4, 0.5) is 4.79 Å². The predicted molar refractivity (Wildman–Crippen MR) is 77.8 cm³/mol. The molecule has 2 rings (SSSR count). The number of benzene rings is 1.